The zero-order chi connectivity index (χ0) is 24.2. The molecule has 4 aromatic rings. The molecule has 0 bridgehead atoms. The first-order valence-corrected chi connectivity index (χ1v) is 10.5. The van der Waals surface area contributed by atoms with Gasteiger partial charge in [0.15, 0.2) is 17.2 Å². The zero-order valence-corrected chi connectivity index (χ0v) is 18.4. The number of carbonyl (C=O) groups excluding carboxylic acids is 1. The molecular weight excluding hydrogens is 444 g/mol. The van der Waals surface area contributed by atoms with Gasteiger partial charge in [-0.1, -0.05) is 0 Å². The van der Waals surface area contributed by atoms with Gasteiger partial charge in [-0.25, -0.2) is 13.8 Å². The largest absolute Gasteiger partial charge is 0.494 e. The Morgan fingerprint density at radius 1 is 1.15 bits per heavy atom. The molecule has 0 spiro atoms. The molecule has 0 radical (unpaired) electrons. The van der Waals surface area contributed by atoms with Crippen molar-refractivity contribution in [3.05, 3.63) is 88.7 Å². The summed E-state index contributed by atoms with van der Waals surface area (Å²) in [6.07, 6.45) is 1.49. The Kier molecular flexibility index (Phi) is 6.65. The Morgan fingerprint density at radius 2 is 1.91 bits per heavy atom. The van der Waals surface area contributed by atoms with Gasteiger partial charge in [-0.3, -0.25) is 9.78 Å². The Labute approximate surface area is 193 Å². The third-order valence-corrected chi connectivity index (χ3v) is 5.02. The highest BCUT2D eigenvalue weighted by Gasteiger charge is 2.17. The van der Waals surface area contributed by atoms with E-state index in [0.717, 1.165) is 12.1 Å². The lowest BCUT2D eigenvalue weighted by Gasteiger charge is -2.10. The van der Waals surface area contributed by atoms with Gasteiger partial charge in [0.1, 0.15) is 11.3 Å². The van der Waals surface area contributed by atoms with Crippen molar-refractivity contribution in [1.82, 2.24) is 4.98 Å². The number of anilines is 1. The van der Waals surface area contributed by atoms with Crippen molar-refractivity contribution in [3.63, 3.8) is 0 Å². The second-order valence-corrected chi connectivity index (χ2v) is 7.36. The average Bonchev–Trinajstić information content (AvgIpc) is 2.83. The van der Waals surface area contributed by atoms with Crippen LogP contribution in [0.2, 0.25) is 0 Å². The summed E-state index contributed by atoms with van der Waals surface area (Å²) in [6.45, 7) is 3.80. The molecule has 0 saturated heterocycles. The Morgan fingerprint density at radius 3 is 2.59 bits per heavy atom. The monoisotopic (exact) mass is 465 g/mol. The molecule has 2 aromatic carbocycles. The molecule has 4 rings (SSSR count). The topological polar surface area (TPSA) is 97.0 Å². The minimum Gasteiger partial charge on any atom is -0.494 e. The minimum absolute atomic E-state index is 0.0169. The van der Waals surface area contributed by atoms with E-state index in [1.807, 2.05) is 6.92 Å². The molecule has 0 aliphatic carbocycles. The first-order chi connectivity index (χ1) is 16.4. The number of aliphatic hydroxyl groups is 1. The van der Waals surface area contributed by atoms with Gasteiger partial charge < -0.3 is 19.6 Å². The molecule has 34 heavy (non-hydrogen) atoms. The molecule has 7 nitrogen and oxygen atoms in total. The van der Waals surface area contributed by atoms with Crippen LogP contribution in [0.5, 0.6) is 5.75 Å². The number of hydrogen-bond donors (Lipinski definition) is 2. The molecule has 2 N–H and O–H groups in total. The first kappa shape index (κ1) is 23.1. The number of nitrogens with zero attached hydrogens (tertiary/aromatic N) is 2. The molecule has 0 aliphatic heterocycles. The van der Waals surface area contributed by atoms with Gasteiger partial charge in [0.2, 0.25) is 5.55 Å². The normalized spacial score (nSPS) is 11.6. The van der Waals surface area contributed by atoms with E-state index >= 15 is 0 Å². The molecule has 0 fully saturated rings. The summed E-state index contributed by atoms with van der Waals surface area (Å²) in [7, 11) is 0. The lowest BCUT2D eigenvalue weighted by molar-refractivity contribution is 0.102. The van der Waals surface area contributed by atoms with Crippen molar-refractivity contribution in [1.29, 1.82) is 0 Å². The smallest absolute Gasteiger partial charge is 0.261 e. The number of aryl methyl sites for hydroxylation is 1. The van der Waals surface area contributed by atoms with Crippen molar-refractivity contribution in [2.45, 2.75) is 20.5 Å². The highest BCUT2D eigenvalue weighted by molar-refractivity contribution is 6.05. The Balaban J connectivity index is 1.86. The molecule has 0 aliphatic rings. The SMILES string of the molecule is CCOc1ccc(N=c2oc3c(C)ncc(CO)c3cc2C(=O)Nc2ccc(F)c(F)c2)cc1. The van der Waals surface area contributed by atoms with Gasteiger partial charge in [-0.15, -0.1) is 0 Å². The maximum Gasteiger partial charge on any atom is 0.261 e. The van der Waals surface area contributed by atoms with Crippen LogP contribution in [0.15, 0.2) is 64.1 Å². The fraction of sp³-hybridized carbons (Fsp3) is 0.160. The van der Waals surface area contributed by atoms with E-state index in [-0.39, 0.29) is 23.4 Å². The first-order valence-electron chi connectivity index (χ1n) is 10.5. The summed E-state index contributed by atoms with van der Waals surface area (Å²) in [5, 5.41) is 12.7. The molecule has 1 amide bonds. The van der Waals surface area contributed by atoms with Crippen LogP contribution in [-0.2, 0) is 6.61 Å². The zero-order valence-electron chi connectivity index (χ0n) is 18.4. The molecular formula is C25H21F2N3O4. The van der Waals surface area contributed by atoms with Gasteiger partial charge >= 0.3 is 0 Å². The lowest BCUT2D eigenvalue weighted by atomic mass is 10.1. The molecule has 0 atom stereocenters. The van der Waals surface area contributed by atoms with Crippen LogP contribution < -0.4 is 15.6 Å². The van der Waals surface area contributed by atoms with Crippen molar-refractivity contribution in [2.75, 3.05) is 11.9 Å². The summed E-state index contributed by atoms with van der Waals surface area (Å²) in [5.74, 6) is -2.11. The van der Waals surface area contributed by atoms with E-state index in [9.17, 15) is 18.7 Å². The minimum atomic E-state index is -1.09. The quantitative estimate of drug-likeness (QED) is 0.427. The van der Waals surface area contributed by atoms with E-state index in [4.69, 9.17) is 9.15 Å². The predicted molar refractivity (Wildman–Crippen MR) is 122 cm³/mol. The number of carbonyl (C=O) groups is 1. The van der Waals surface area contributed by atoms with E-state index in [0.29, 0.717) is 40.3 Å². The van der Waals surface area contributed by atoms with Gasteiger partial charge in [0.25, 0.3) is 5.91 Å². The maximum atomic E-state index is 13.6. The Hall–Kier alpha value is -4.11. The molecule has 9 heteroatoms. The summed E-state index contributed by atoms with van der Waals surface area (Å²) in [4.78, 5) is 21.8. The fourth-order valence-corrected chi connectivity index (χ4v) is 3.33. The van der Waals surface area contributed by atoms with Crippen LogP contribution in [0.4, 0.5) is 20.2 Å². The standard InChI is InChI=1S/C25H21F2N3O4/c1-3-33-18-7-4-16(5-8-18)30-25-20(24(32)29-17-6-9-21(26)22(27)10-17)11-19-15(13-31)12-28-14(2)23(19)34-25/h4-12,31H,3,13H2,1-2H3,(H,29,32). The van der Waals surface area contributed by atoms with Crippen LogP contribution in [-0.4, -0.2) is 22.6 Å². The van der Waals surface area contributed by atoms with Gasteiger partial charge in [0, 0.05) is 28.9 Å². The number of rotatable bonds is 6. The number of halogens is 2. The lowest BCUT2D eigenvalue weighted by Crippen LogP contribution is -2.22. The predicted octanol–water partition coefficient (Wildman–Crippen LogP) is 4.79. The van der Waals surface area contributed by atoms with Crippen LogP contribution in [0.1, 0.15) is 28.5 Å². The van der Waals surface area contributed by atoms with E-state index in [1.54, 1.807) is 31.2 Å². The number of aliphatic hydroxyl groups excluding tert-OH is 1. The highest BCUT2D eigenvalue weighted by Crippen LogP contribution is 2.23. The highest BCUT2D eigenvalue weighted by atomic mass is 19.2. The van der Waals surface area contributed by atoms with Gasteiger partial charge in [-0.05, 0) is 56.3 Å². The number of nitrogens with one attached hydrogen (secondary N) is 1. The average molecular weight is 465 g/mol. The molecule has 2 heterocycles. The van der Waals surface area contributed by atoms with Crippen molar-refractivity contribution >= 4 is 28.3 Å². The molecule has 174 valence electrons. The van der Waals surface area contributed by atoms with Gasteiger partial charge in [0.05, 0.1) is 24.6 Å². The molecule has 0 saturated carbocycles. The van der Waals surface area contributed by atoms with Crippen LogP contribution in [0.25, 0.3) is 11.0 Å². The maximum absolute atomic E-state index is 13.6. The van der Waals surface area contributed by atoms with Crippen LogP contribution in [0, 0.1) is 18.6 Å². The molecule has 2 aromatic heterocycles. The molecule has 0 unspecified atom stereocenters. The van der Waals surface area contributed by atoms with Gasteiger partial charge in [-0.2, -0.15) is 0 Å². The number of fused-ring (bicyclic) bond motifs is 1. The fourth-order valence-electron chi connectivity index (χ4n) is 3.33. The van der Waals surface area contributed by atoms with Crippen molar-refractivity contribution < 1.29 is 27.8 Å². The second kappa shape index (κ2) is 9.80. The van der Waals surface area contributed by atoms with Crippen molar-refractivity contribution in [2.24, 2.45) is 4.99 Å². The summed E-state index contributed by atoms with van der Waals surface area (Å²) >= 11 is 0. The summed E-state index contributed by atoms with van der Waals surface area (Å²) in [5.41, 5.74) is 1.94. The third kappa shape index (κ3) is 4.79. The Bertz CT molecular complexity index is 1430. The number of aromatic nitrogens is 1. The van der Waals surface area contributed by atoms with E-state index in [1.165, 1.54) is 18.3 Å². The number of benzene rings is 2. The number of hydrogen-bond acceptors (Lipinski definition) is 6. The summed E-state index contributed by atoms with van der Waals surface area (Å²) in [6, 6.07) is 11.4. The third-order valence-electron chi connectivity index (χ3n) is 5.02. The van der Waals surface area contributed by atoms with Crippen molar-refractivity contribution in [3.8, 4) is 5.75 Å². The number of pyridine rings is 1. The van der Waals surface area contributed by atoms with E-state index < -0.39 is 17.5 Å². The van der Waals surface area contributed by atoms with Crippen LogP contribution >= 0.6 is 0 Å². The van der Waals surface area contributed by atoms with Crippen LogP contribution in [0.3, 0.4) is 0 Å². The summed E-state index contributed by atoms with van der Waals surface area (Å²) < 4.78 is 38.3. The number of amides is 1. The van der Waals surface area contributed by atoms with E-state index in [2.05, 4.69) is 15.3 Å². The second-order valence-electron chi connectivity index (χ2n) is 7.36. The number of ether oxygens (including phenoxy) is 1.